The van der Waals surface area contributed by atoms with Crippen molar-refractivity contribution in [2.45, 2.75) is 6.42 Å². The van der Waals surface area contributed by atoms with Crippen molar-refractivity contribution in [1.29, 1.82) is 0 Å². The zero-order chi connectivity index (χ0) is 12.7. The number of anilines is 1. The summed E-state index contributed by atoms with van der Waals surface area (Å²) in [5.41, 5.74) is 1.82. The van der Waals surface area contributed by atoms with Crippen LogP contribution in [0.5, 0.6) is 0 Å². The van der Waals surface area contributed by atoms with E-state index in [9.17, 15) is 9.59 Å². The number of aldehydes is 1. The molecular formula is C11H7ClN4O2. The second-order valence-corrected chi connectivity index (χ2v) is 4.27. The van der Waals surface area contributed by atoms with Crippen molar-refractivity contribution < 1.29 is 9.59 Å². The lowest BCUT2D eigenvalue weighted by Gasteiger charge is -2.07. The van der Waals surface area contributed by atoms with E-state index in [1.165, 1.54) is 4.68 Å². The highest BCUT2D eigenvalue weighted by Crippen LogP contribution is 2.28. The molecule has 90 valence electrons. The van der Waals surface area contributed by atoms with Gasteiger partial charge >= 0.3 is 0 Å². The lowest BCUT2D eigenvalue weighted by atomic mass is 10.2. The maximum absolute atomic E-state index is 11.7. The number of amides is 1. The summed E-state index contributed by atoms with van der Waals surface area (Å²) in [5.74, 6) is -0.220. The molecule has 1 aliphatic heterocycles. The van der Waals surface area contributed by atoms with Crippen LogP contribution < -0.4 is 5.32 Å². The highest BCUT2D eigenvalue weighted by molar-refractivity contribution is 6.31. The third-order valence-electron chi connectivity index (χ3n) is 2.69. The summed E-state index contributed by atoms with van der Waals surface area (Å²) in [4.78, 5) is 22.6. The molecule has 1 aliphatic rings. The fourth-order valence-electron chi connectivity index (χ4n) is 1.90. The Bertz CT molecular complexity index is 665. The monoisotopic (exact) mass is 262 g/mol. The van der Waals surface area contributed by atoms with Gasteiger partial charge in [-0.1, -0.05) is 16.8 Å². The maximum atomic E-state index is 11.7. The molecule has 1 aromatic heterocycles. The standard InChI is InChI=1S/C11H7ClN4O2/c12-6-1-2-7-9(3-6)16-10(4-11(18)13-7)8(5-17)14-15-16/h1-3,5H,4H2,(H,13,18). The lowest BCUT2D eigenvalue weighted by molar-refractivity contribution is -0.115. The Morgan fingerprint density at radius 2 is 2.28 bits per heavy atom. The van der Waals surface area contributed by atoms with E-state index in [1.807, 2.05) is 0 Å². The first-order chi connectivity index (χ1) is 8.69. The molecule has 2 heterocycles. The molecule has 6 nitrogen and oxygen atoms in total. The quantitative estimate of drug-likeness (QED) is 0.784. The van der Waals surface area contributed by atoms with E-state index in [0.29, 0.717) is 28.4 Å². The lowest BCUT2D eigenvalue weighted by Crippen LogP contribution is -2.13. The molecule has 0 saturated heterocycles. The average molecular weight is 263 g/mol. The van der Waals surface area contributed by atoms with Gasteiger partial charge in [-0.05, 0) is 18.2 Å². The number of nitrogens with zero attached hydrogens (tertiary/aromatic N) is 3. The van der Waals surface area contributed by atoms with Gasteiger partial charge in [-0.3, -0.25) is 9.59 Å². The average Bonchev–Trinajstić information content (AvgIpc) is 2.68. The van der Waals surface area contributed by atoms with E-state index >= 15 is 0 Å². The van der Waals surface area contributed by atoms with Crippen LogP contribution in [0.15, 0.2) is 18.2 Å². The van der Waals surface area contributed by atoms with E-state index in [2.05, 4.69) is 15.6 Å². The summed E-state index contributed by atoms with van der Waals surface area (Å²) < 4.78 is 1.46. The Morgan fingerprint density at radius 1 is 1.44 bits per heavy atom. The van der Waals surface area contributed by atoms with Crippen LogP contribution in [0.4, 0.5) is 5.69 Å². The number of aromatic nitrogens is 3. The molecular weight excluding hydrogens is 256 g/mol. The first-order valence-corrected chi connectivity index (χ1v) is 5.56. The normalized spacial score (nSPS) is 13.3. The van der Waals surface area contributed by atoms with Crippen LogP contribution in [-0.2, 0) is 11.2 Å². The summed E-state index contributed by atoms with van der Waals surface area (Å²) in [7, 11) is 0. The first-order valence-electron chi connectivity index (χ1n) is 5.18. The summed E-state index contributed by atoms with van der Waals surface area (Å²) >= 11 is 5.93. The van der Waals surface area contributed by atoms with Crippen molar-refractivity contribution in [2.75, 3.05) is 5.32 Å². The molecule has 1 N–H and O–H groups in total. The fraction of sp³-hybridized carbons (Fsp3) is 0.0909. The Kier molecular flexibility index (Phi) is 2.38. The largest absolute Gasteiger partial charge is 0.324 e. The summed E-state index contributed by atoms with van der Waals surface area (Å²) in [6, 6.07) is 5.02. The number of fused-ring (bicyclic) bond motifs is 3. The van der Waals surface area contributed by atoms with Gasteiger partial charge in [0.05, 0.1) is 23.5 Å². The Labute approximate surface area is 107 Å². The van der Waals surface area contributed by atoms with E-state index in [1.54, 1.807) is 18.2 Å². The zero-order valence-electron chi connectivity index (χ0n) is 9.05. The van der Waals surface area contributed by atoms with Gasteiger partial charge in [0.15, 0.2) is 6.29 Å². The van der Waals surface area contributed by atoms with Crippen LogP contribution >= 0.6 is 11.6 Å². The molecule has 0 atom stereocenters. The van der Waals surface area contributed by atoms with Crippen molar-refractivity contribution in [3.8, 4) is 5.69 Å². The molecule has 3 rings (SSSR count). The molecule has 0 saturated carbocycles. The maximum Gasteiger partial charge on any atom is 0.230 e. The van der Waals surface area contributed by atoms with E-state index in [0.717, 1.165) is 0 Å². The Hall–Kier alpha value is -2.21. The van der Waals surface area contributed by atoms with Crippen molar-refractivity contribution in [1.82, 2.24) is 15.0 Å². The third-order valence-corrected chi connectivity index (χ3v) is 2.93. The highest BCUT2D eigenvalue weighted by atomic mass is 35.5. The molecule has 0 spiro atoms. The predicted molar refractivity (Wildman–Crippen MR) is 64.1 cm³/mol. The number of benzene rings is 1. The van der Waals surface area contributed by atoms with Crippen LogP contribution in [0.1, 0.15) is 16.2 Å². The Balaban J connectivity index is 2.30. The molecule has 0 aliphatic carbocycles. The minimum atomic E-state index is -0.220. The molecule has 0 radical (unpaired) electrons. The van der Waals surface area contributed by atoms with Crippen molar-refractivity contribution in [3.63, 3.8) is 0 Å². The van der Waals surface area contributed by atoms with Gasteiger partial charge in [-0.2, -0.15) is 0 Å². The van der Waals surface area contributed by atoms with Gasteiger partial charge in [-0.15, -0.1) is 5.10 Å². The smallest absolute Gasteiger partial charge is 0.230 e. The fourth-order valence-corrected chi connectivity index (χ4v) is 2.06. The van der Waals surface area contributed by atoms with E-state index in [-0.39, 0.29) is 18.0 Å². The van der Waals surface area contributed by atoms with Crippen LogP contribution in [0.3, 0.4) is 0 Å². The molecule has 0 unspecified atom stereocenters. The number of carbonyl (C=O) groups excluding carboxylic acids is 2. The Morgan fingerprint density at radius 3 is 3.06 bits per heavy atom. The summed E-state index contributed by atoms with van der Waals surface area (Å²) in [5, 5.41) is 10.9. The van der Waals surface area contributed by atoms with Crippen molar-refractivity contribution >= 4 is 29.5 Å². The molecule has 2 aromatic rings. The molecule has 0 fully saturated rings. The number of rotatable bonds is 1. The summed E-state index contributed by atoms with van der Waals surface area (Å²) in [6.45, 7) is 0. The van der Waals surface area contributed by atoms with Crippen LogP contribution in [0.2, 0.25) is 5.02 Å². The zero-order valence-corrected chi connectivity index (χ0v) is 9.81. The predicted octanol–water partition coefficient (Wildman–Crippen LogP) is 1.23. The molecule has 7 heteroatoms. The minimum absolute atomic E-state index is 0.0490. The number of hydrogen-bond donors (Lipinski definition) is 1. The van der Waals surface area contributed by atoms with Gasteiger partial charge in [0.25, 0.3) is 0 Å². The van der Waals surface area contributed by atoms with Gasteiger partial charge in [0, 0.05) is 5.02 Å². The molecule has 0 bridgehead atoms. The highest BCUT2D eigenvalue weighted by Gasteiger charge is 2.23. The van der Waals surface area contributed by atoms with Crippen LogP contribution in [0.25, 0.3) is 5.69 Å². The number of halogens is 1. The van der Waals surface area contributed by atoms with E-state index < -0.39 is 0 Å². The van der Waals surface area contributed by atoms with E-state index in [4.69, 9.17) is 11.6 Å². The van der Waals surface area contributed by atoms with Gasteiger partial charge < -0.3 is 5.32 Å². The van der Waals surface area contributed by atoms with Crippen molar-refractivity contribution in [2.24, 2.45) is 0 Å². The van der Waals surface area contributed by atoms with Gasteiger partial charge in [-0.25, -0.2) is 4.68 Å². The summed E-state index contributed by atoms with van der Waals surface area (Å²) in [6.07, 6.45) is 0.634. The second kappa shape index (κ2) is 3.92. The SMILES string of the molecule is O=Cc1nnn2c1CC(=O)Nc1ccc(Cl)cc1-2. The number of nitrogens with one attached hydrogen (secondary N) is 1. The molecule has 1 amide bonds. The third kappa shape index (κ3) is 1.58. The first kappa shape index (κ1) is 10.9. The topological polar surface area (TPSA) is 76.9 Å². The van der Waals surface area contributed by atoms with Crippen LogP contribution in [-0.4, -0.2) is 27.2 Å². The van der Waals surface area contributed by atoms with Gasteiger partial charge in [0.2, 0.25) is 5.91 Å². The van der Waals surface area contributed by atoms with Crippen molar-refractivity contribution in [3.05, 3.63) is 34.6 Å². The van der Waals surface area contributed by atoms with Gasteiger partial charge in [0.1, 0.15) is 5.69 Å². The number of carbonyl (C=O) groups is 2. The second-order valence-electron chi connectivity index (χ2n) is 3.84. The van der Waals surface area contributed by atoms with Crippen LogP contribution in [0, 0.1) is 0 Å². The number of hydrogen-bond acceptors (Lipinski definition) is 4. The minimum Gasteiger partial charge on any atom is -0.324 e. The molecule has 18 heavy (non-hydrogen) atoms. The molecule has 1 aromatic carbocycles.